The number of nitrogens with zero attached hydrogens (tertiary/aromatic N) is 1. The standard InChI is InChI=1S/C15H19NOS/c1-3-16-15-14(9-8-12(17)10-18-15)13-7-5-4-6-11(13)2/h4-7,14H,3,8-10H2,1-2H3. The molecule has 96 valence electrons. The Morgan fingerprint density at radius 3 is 2.89 bits per heavy atom. The molecule has 1 aliphatic rings. The van der Waals surface area contributed by atoms with Crippen LogP contribution in [-0.4, -0.2) is 23.1 Å². The van der Waals surface area contributed by atoms with E-state index in [-0.39, 0.29) is 0 Å². The number of ketones is 1. The fourth-order valence-electron chi connectivity index (χ4n) is 2.33. The Morgan fingerprint density at radius 1 is 1.39 bits per heavy atom. The average molecular weight is 261 g/mol. The Labute approximate surface area is 113 Å². The first-order valence-electron chi connectivity index (χ1n) is 6.46. The lowest BCUT2D eigenvalue weighted by Gasteiger charge is -2.18. The van der Waals surface area contributed by atoms with E-state index in [9.17, 15) is 4.79 Å². The summed E-state index contributed by atoms with van der Waals surface area (Å²) in [6.07, 6.45) is 1.57. The van der Waals surface area contributed by atoms with Crippen molar-refractivity contribution in [2.45, 2.75) is 32.6 Å². The van der Waals surface area contributed by atoms with Gasteiger partial charge in [-0.2, -0.15) is 0 Å². The highest BCUT2D eigenvalue weighted by atomic mass is 32.2. The van der Waals surface area contributed by atoms with Crippen molar-refractivity contribution >= 4 is 22.6 Å². The van der Waals surface area contributed by atoms with Gasteiger partial charge in [0, 0.05) is 18.9 Å². The van der Waals surface area contributed by atoms with Crippen LogP contribution in [0.5, 0.6) is 0 Å². The Balaban J connectivity index is 2.35. The van der Waals surface area contributed by atoms with Gasteiger partial charge in [-0.15, -0.1) is 11.8 Å². The first-order valence-corrected chi connectivity index (χ1v) is 7.45. The third-order valence-electron chi connectivity index (χ3n) is 3.27. The maximum atomic E-state index is 11.6. The molecule has 18 heavy (non-hydrogen) atoms. The van der Waals surface area contributed by atoms with Crippen LogP contribution in [0.25, 0.3) is 0 Å². The quantitative estimate of drug-likeness (QED) is 0.814. The number of hydrogen-bond donors (Lipinski definition) is 0. The number of Topliss-reactive ketones (excluding diaryl/α,β-unsaturated/α-hetero) is 1. The van der Waals surface area contributed by atoms with Crippen LogP contribution in [0.15, 0.2) is 29.3 Å². The van der Waals surface area contributed by atoms with E-state index in [1.165, 1.54) is 11.1 Å². The smallest absolute Gasteiger partial charge is 0.143 e. The van der Waals surface area contributed by atoms with E-state index in [0.29, 0.717) is 23.9 Å². The molecule has 2 rings (SSSR count). The van der Waals surface area contributed by atoms with E-state index in [2.05, 4.69) is 43.1 Å². The van der Waals surface area contributed by atoms with Crippen LogP contribution in [0.1, 0.15) is 36.8 Å². The summed E-state index contributed by atoms with van der Waals surface area (Å²) in [6, 6.07) is 8.44. The van der Waals surface area contributed by atoms with Crippen LogP contribution < -0.4 is 0 Å². The van der Waals surface area contributed by atoms with Crippen LogP contribution in [0.4, 0.5) is 0 Å². The molecule has 0 bridgehead atoms. The van der Waals surface area contributed by atoms with Gasteiger partial charge in [-0.3, -0.25) is 9.79 Å². The predicted molar refractivity (Wildman–Crippen MR) is 78.6 cm³/mol. The molecule has 1 aromatic rings. The van der Waals surface area contributed by atoms with Crippen molar-refractivity contribution in [1.29, 1.82) is 0 Å². The van der Waals surface area contributed by atoms with Gasteiger partial charge in [0.2, 0.25) is 0 Å². The summed E-state index contributed by atoms with van der Waals surface area (Å²) in [5.41, 5.74) is 2.62. The van der Waals surface area contributed by atoms with Crippen molar-refractivity contribution in [3.8, 4) is 0 Å². The van der Waals surface area contributed by atoms with Gasteiger partial charge in [0.25, 0.3) is 0 Å². The summed E-state index contributed by atoms with van der Waals surface area (Å²) < 4.78 is 0. The van der Waals surface area contributed by atoms with Gasteiger partial charge in [-0.1, -0.05) is 24.3 Å². The summed E-state index contributed by atoms with van der Waals surface area (Å²) in [6.45, 7) is 4.98. The lowest BCUT2D eigenvalue weighted by Crippen LogP contribution is -2.10. The molecule has 3 heteroatoms. The lowest BCUT2D eigenvalue weighted by atomic mass is 9.91. The Hall–Kier alpha value is -1.09. The minimum atomic E-state index is 0.308. The van der Waals surface area contributed by atoms with Crippen LogP contribution >= 0.6 is 11.8 Å². The highest BCUT2D eigenvalue weighted by molar-refractivity contribution is 8.14. The van der Waals surface area contributed by atoms with E-state index in [4.69, 9.17) is 0 Å². The molecule has 1 unspecified atom stereocenters. The second-order valence-electron chi connectivity index (χ2n) is 4.59. The fraction of sp³-hybridized carbons (Fsp3) is 0.467. The topological polar surface area (TPSA) is 29.4 Å². The van der Waals surface area contributed by atoms with Crippen LogP contribution in [0.2, 0.25) is 0 Å². The molecule has 0 saturated carbocycles. The molecular weight excluding hydrogens is 242 g/mol. The zero-order valence-corrected chi connectivity index (χ0v) is 11.8. The highest BCUT2D eigenvalue weighted by Crippen LogP contribution is 2.33. The molecule has 0 N–H and O–H groups in total. The number of rotatable bonds is 2. The normalized spacial score (nSPS) is 23.1. The maximum absolute atomic E-state index is 11.6. The van der Waals surface area contributed by atoms with Crippen molar-refractivity contribution in [2.75, 3.05) is 12.3 Å². The minimum Gasteiger partial charge on any atom is -0.299 e. The van der Waals surface area contributed by atoms with Crippen molar-refractivity contribution < 1.29 is 4.79 Å². The Bertz CT molecular complexity index is 467. The molecule has 1 aromatic carbocycles. The summed E-state index contributed by atoms with van der Waals surface area (Å²) in [5.74, 6) is 1.24. The number of benzene rings is 1. The third kappa shape index (κ3) is 3.02. The summed E-state index contributed by atoms with van der Waals surface area (Å²) in [4.78, 5) is 16.2. The van der Waals surface area contributed by atoms with E-state index in [1.54, 1.807) is 11.8 Å². The van der Waals surface area contributed by atoms with E-state index in [0.717, 1.165) is 18.0 Å². The number of carbonyl (C=O) groups is 1. The summed E-state index contributed by atoms with van der Waals surface area (Å²) in [5, 5.41) is 1.14. The van der Waals surface area contributed by atoms with Crippen LogP contribution in [0, 0.1) is 6.92 Å². The van der Waals surface area contributed by atoms with E-state index < -0.39 is 0 Å². The SMILES string of the molecule is CCN=C1SCC(=O)CCC1c1ccccc1C. The molecule has 0 aromatic heterocycles. The molecular formula is C15H19NOS. The average Bonchev–Trinajstić information content (AvgIpc) is 2.54. The minimum absolute atomic E-state index is 0.308. The summed E-state index contributed by atoms with van der Waals surface area (Å²) in [7, 11) is 0. The highest BCUT2D eigenvalue weighted by Gasteiger charge is 2.25. The molecule has 1 atom stereocenters. The molecule has 2 nitrogen and oxygen atoms in total. The van der Waals surface area contributed by atoms with E-state index in [1.807, 2.05) is 0 Å². The first-order chi connectivity index (χ1) is 8.72. The van der Waals surface area contributed by atoms with E-state index >= 15 is 0 Å². The number of thioether (sulfide) groups is 1. The maximum Gasteiger partial charge on any atom is 0.143 e. The molecule has 0 radical (unpaired) electrons. The van der Waals surface area contributed by atoms with Crippen molar-refractivity contribution in [3.63, 3.8) is 0 Å². The van der Waals surface area contributed by atoms with Crippen molar-refractivity contribution in [1.82, 2.24) is 0 Å². The molecule has 1 aliphatic heterocycles. The second-order valence-corrected chi connectivity index (χ2v) is 5.58. The monoisotopic (exact) mass is 261 g/mol. The molecule has 1 fully saturated rings. The number of hydrogen-bond acceptors (Lipinski definition) is 3. The first kappa shape index (κ1) is 13.3. The molecule has 0 spiro atoms. The van der Waals surface area contributed by atoms with Gasteiger partial charge >= 0.3 is 0 Å². The van der Waals surface area contributed by atoms with Crippen molar-refractivity contribution in [3.05, 3.63) is 35.4 Å². The zero-order chi connectivity index (χ0) is 13.0. The molecule has 0 aliphatic carbocycles. The number of aliphatic imine (C=N–C) groups is 1. The molecule has 1 heterocycles. The molecule has 1 saturated heterocycles. The Kier molecular flexibility index (Phi) is 4.59. The van der Waals surface area contributed by atoms with Gasteiger partial charge in [-0.05, 0) is 31.4 Å². The third-order valence-corrected chi connectivity index (χ3v) is 4.44. The van der Waals surface area contributed by atoms with Gasteiger partial charge in [0.1, 0.15) is 5.78 Å². The van der Waals surface area contributed by atoms with Crippen molar-refractivity contribution in [2.24, 2.45) is 4.99 Å². The zero-order valence-electron chi connectivity index (χ0n) is 11.0. The van der Waals surface area contributed by atoms with Gasteiger partial charge < -0.3 is 0 Å². The van der Waals surface area contributed by atoms with Gasteiger partial charge in [0.15, 0.2) is 0 Å². The summed E-state index contributed by atoms with van der Waals surface area (Å²) >= 11 is 1.63. The van der Waals surface area contributed by atoms with Gasteiger partial charge in [0.05, 0.1) is 10.8 Å². The predicted octanol–water partition coefficient (Wildman–Crippen LogP) is 3.59. The number of aryl methyl sites for hydroxylation is 1. The lowest BCUT2D eigenvalue weighted by molar-refractivity contribution is -0.116. The second kappa shape index (κ2) is 6.19. The number of carbonyl (C=O) groups excluding carboxylic acids is 1. The van der Waals surface area contributed by atoms with Crippen LogP contribution in [0.3, 0.4) is 0 Å². The largest absolute Gasteiger partial charge is 0.299 e. The van der Waals surface area contributed by atoms with Crippen LogP contribution in [-0.2, 0) is 4.79 Å². The fourth-order valence-corrected chi connectivity index (χ4v) is 3.45. The van der Waals surface area contributed by atoms with Gasteiger partial charge in [-0.25, -0.2) is 0 Å². The molecule has 0 amide bonds. The Morgan fingerprint density at radius 2 is 2.17 bits per heavy atom.